The number of nitrogens with one attached hydrogen (secondary N) is 1. The van der Waals surface area contributed by atoms with Gasteiger partial charge >= 0.3 is 0 Å². The quantitative estimate of drug-likeness (QED) is 0.919. The summed E-state index contributed by atoms with van der Waals surface area (Å²) in [6.45, 7) is 1.75. The van der Waals surface area contributed by atoms with Crippen LogP contribution < -0.4 is 14.8 Å². The highest BCUT2D eigenvalue weighted by atomic mass is 16.6. The Morgan fingerprint density at radius 2 is 1.90 bits per heavy atom. The molecule has 0 unspecified atom stereocenters. The molecule has 1 N–H and O–H groups in total. The SMILES string of the molecule is O=C(CC1CCCC1)NCc1ccc2c(c1)OCCO2. The summed E-state index contributed by atoms with van der Waals surface area (Å²) in [4.78, 5) is 11.9. The molecule has 0 bridgehead atoms. The molecule has 1 aromatic carbocycles. The largest absolute Gasteiger partial charge is 0.486 e. The average molecular weight is 275 g/mol. The van der Waals surface area contributed by atoms with Crippen LogP contribution in [0.5, 0.6) is 11.5 Å². The fraction of sp³-hybridized carbons (Fsp3) is 0.562. The molecule has 108 valence electrons. The van der Waals surface area contributed by atoms with Crippen LogP contribution in [-0.4, -0.2) is 19.1 Å². The van der Waals surface area contributed by atoms with Crippen molar-refractivity contribution in [2.24, 2.45) is 5.92 Å². The van der Waals surface area contributed by atoms with Crippen LogP contribution in [0.15, 0.2) is 18.2 Å². The molecule has 0 radical (unpaired) electrons. The Bertz CT molecular complexity index is 481. The van der Waals surface area contributed by atoms with Crippen molar-refractivity contribution in [3.05, 3.63) is 23.8 Å². The highest BCUT2D eigenvalue weighted by Crippen LogP contribution is 2.31. The predicted octanol–water partition coefficient (Wildman–Crippen LogP) is 2.65. The maximum absolute atomic E-state index is 11.9. The first kappa shape index (κ1) is 13.3. The molecule has 1 aliphatic carbocycles. The zero-order chi connectivity index (χ0) is 13.8. The maximum Gasteiger partial charge on any atom is 0.220 e. The first-order valence-electron chi connectivity index (χ1n) is 7.46. The van der Waals surface area contributed by atoms with Gasteiger partial charge < -0.3 is 14.8 Å². The first-order valence-corrected chi connectivity index (χ1v) is 7.46. The summed E-state index contributed by atoms with van der Waals surface area (Å²) in [6.07, 6.45) is 5.64. The van der Waals surface area contributed by atoms with Crippen LogP contribution in [0.3, 0.4) is 0 Å². The molecule has 0 spiro atoms. The summed E-state index contributed by atoms with van der Waals surface area (Å²) < 4.78 is 11.0. The zero-order valence-corrected chi connectivity index (χ0v) is 11.7. The summed E-state index contributed by atoms with van der Waals surface area (Å²) in [5.41, 5.74) is 1.05. The van der Waals surface area contributed by atoms with Gasteiger partial charge in [0.05, 0.1) is 0 Å². The molecule has 4 heteroatoms. The average Bonchev–Trinajstić information content (AvgIpc) is 2.98. The van der Waals surface area contributed by atoms with E-state index in [1.54, 1.807) is 0 Å². The monoisotopic (exact) mass is 275 g/mol. The van der Waals surface area contributed by atoms with Gasteiger partial charge in [-0.25, -0.2) is 0 Å². The van der Waals surface area contributed by atoms with Gasteiger partial charge in [0.2, 0.25) is 5.91 Å². The molecule has 4 nitrogen and oxygen atoms in total. The first-order chi connectivity index (χ1) is 9.81. The minimum absolute atomic E-state index is 0.159. The van der Waals surface area contributed by atoms with E-state index >= 15 is 0 Å². The Labute approximate surface area is 119 Å². The van der Waals surface area contributed by atoms with Crippen molar-refractivity contribution in [1.82, 2.24) is 5.32 Å². The zero-order valence-electron chi connectivity index (χ0n) is 11.7. The second-order valence-electron chi connectivity index (χ2n) is 5.61. The van der Waals surface area contributed by atoms with Gasteiger partial charge in [0.25, 0.3) is 0 Å². The van der Waals surface area contributed by atoms with E-state index in [1.807, 2.05) is 18.2 Å². The van der Waals surface area contributed by atoms with E-state index in [0.29, 0.717) is 32.1 Å². The van der Waals surface area contributed by atoms with Crippen molar-refractivity contribution >= 4 is 5.91 Å². The van der Waals surface area contributed by atoms with Crippen LogP contribution in [0, 0.1) is 5.92 Å². The molecule has 1 aliphatic heterocycles. The second-order valence-corrected chi connectivity index (χ2v) is 5.61. The minimum Gasteiger partial charge on any atom is -0.486 e. The maximum atomic E-state index is 11.9. The molecule has 0 atom stereocenters. The second kappa shape index (κ2) is 6.16. The number of hydrogen-bond donors (Lipinski definition) is 1. The van der Waals surface area contributed by atoms with Gasteiger partial charge in [0, 0.05) is 13.0 Å². The van der Waals surface area contributed by atoms with Gasteiger partial charge in [-0.1, -0.05) is 18.9 Å². The van der Waals surface area contributed by atoms with Crippen molar-refractivity contribution in [3.8, 4) is 11.5 Å². The van der Waals surface area contributed by atoms with Crippen LogP contribution in [0.4, 0.5) is 0 Å². The highest BCUT2D eigenvalue weighted by Gasteiger charge is 2.18. The van der Waals surface area contributed by atoms with E-state index < -0.39 is 0 Å². The number of benzene rings is 1. The molecule has 1 heterocycles. The van der Waals surface area contributed by atoms with E-state index in [9.17, 15) is 4.79 Å². The van der Waals surface area contributed by atoms with Crippen LogP contribution >= 0.6 is 0 Å². The van der Waals surface area contributed by atoms with Crippen LogP contribution in [0.1, 0.15) is 37.7 Å². The van der Waals surface area contributed by atoms with Crippen molar-refractivity contribution < 1.29 is 14.3 Å². The third-order valence-electron chi connectivity index (χ3n) is 4.05. The summed E-state index contributed by atoms with van der Waals surface area (Å²) in [6, 6.07) is 5.83. The van der Waals surface area contributed by atoms with Gasteiger partial charge in [-0.2, -0.15) is 0 Å². The third kappa shape index (κ3) is 3.24. The van der Waals surface area contributed by atoms with E-state index in [1.165, 1.54) is 25.7 Å². The molecule has 1 fully saturated rings. The van der Waals surface area contributed by atoms with Crippen LogP contribution in [0.2, 0.25) is 0 Å². The number of rotatable bonds is 4. The highest BCUT2D eigenvalue weighted by molar-refractivity contribution is 5.76. The lowest BCUT2D eigenvalue weighted by Gasteiger charge is -2.19. The van der Waals surface area contributed by atoms with Crippen LogP contribution in [-0.2, 0) is 11.3 Å². The third-order valence-corrected chi connectivity index (χ3v) is 4.05. The number of hydrogen-bond acceptors (Lipinski definition) is 3. The van der Waals surface area contributed by atoms with Crippen molar-refractivity contribution in [1.29, 1.82) is 0 Å². The van der Waals surface area contributed by atoms with Crippen molar-refractivity contribution in [2.75, 3.05) is 13.2 Å². The van der Waals surface area contributed by atoms with E-state index in [-0.39, 0.29) is 5.91 Å². The summed E-state index contributed by atoms with van der Waals surface area (Å²) in [5.74, 6) is 2.32. The molecular formula is C16H21NO3. The minimum atomic E-state index is 0.159. The Balaban J connectivity index is 1.51. The van der Waals surface area contributed by atoms with Gasteiger partial charge in [-0.3, -0.25) is 4.79 Å². The molecule has 1 aromatic rings. The molecular weight excluding hydrogens is 254 g/mol. The standard InChI is InChI=1S/C16H21NO3/c18-16(10-12-3-1-2-4-12)17-11-13-5-6-14-15(9-13)20-8-7-19-14/h5-6,9,12H,1-4,7-8,10-11H2,(H,17,18). The number of amides is 1. The van der Waals surface area contributed by atoms with E-state index in [0.717, 1.165) is 17.1 Å². The summed E-state index contributed by atoms with van der Waals surface area (Å²) in [7, 11) is 0. The molecule has 0 saturated heterocycles. The number of ether oxygens (including phenoxy) is 2. The number of fused-ring (bicyclic) bond motifs is 1. The molecule has 1 amide bonds. The van der Waals surface area contributed by atoms with E-state index in [4.69, 9.17) is 9.47 Å². The fourth-order valence-corrected chi connectivity index (χ4v) is 2.95. The molecule has 1 saturated carbocycles. The Morgan fingerprint density at radius 1 is 1.15 bits per heavy atom. The molecule has 0 aromatic heterocycles. The van der Waals surface area contributed by atoms with Gasteiger partial charge in [0.1, 0.15) is 13.2 Å². The van der Waals surface area contributed by atoms with Gasteiger partial charge in [-0.05, 0) is 36.5 Å². The summed E-state index contributed by atoms with van der Waals surface area (Å²) >= 11 is 0. The lowest BCUT2D eigenvalue weighted by Crippen LogP contribution is -2.24. The van der Waals surface area contributed by atoms with Gasteiger partial charge in [-0.15, -0.1) is 0 Å². The summed E-state index contributed by atoms with van der Waals surface area (Å²) in [5, 5.41) is 3.00. The molecule has 3 rings (SSSR count). The lowest BCUT2D eigenvalue weighted by atomic mass is 10.0. The Hall–Kier alpha value is -1.71. The number of carbonyl (C=O) groups excluding carboxylic acids is 1. The molecule has 2 aliphatic rings. The van der Waals surface area contributed by atoms with Crippen LogP contribution in [0.25, 0.3) is 0 Å². The normalized spacial score (nSPS) is 18.0. The van der Waals surface area contributed by atoms with Crippen molar-refractivity contribution in [2.45, 2.75) is 38.6 Å². The topological polar surface area (TPSA) is 47.6 Å². The Morgan fingerprint density at radius 3 is 2.70 bits per heavy atom. The van der Waals surface area contributed by atoms with Gasteiger partial charge in [0.15, 0.2) is 11.5 Å². The fourth-order valence-electron chi connectivity index (χ4n) is 2.95. The molecule has 20 heavy (non-hydrogen) atoms. The Kier molecular flexibility index (Phi) is 4.09. The lowest BCUT2D eigenvalue weighted by molar-refractivity contribution is -0.122. The smallest absolute Gasteiger partial charge is 0.220 e. The number of carbonyl (C=O) groups is 1. The predicted molar refractivity (Wildman–Crippen MR) is 75.9 cm³/mol. The van der Waals surface area contributed by atoms with Crippen molar-refractivity contribution in [3.63, 3.8) is 0 Å². The van der Waals surface area contributed by atoms with E-state index in [2.05, 4.69) is 5.32 Å².